The van der Waals surface area contributed by atoms with E-state index in [1.165, 1.54) is 0 Å². The van der Waals surface area contributed by atoms with Crippen LogP contribution in [0, 0.1) is 0 Å². The maximum Gasteiger partial charge on any atom is 0.318 e. The van der Waals surface area contributed by atoms with E-state index in [2.05, 4.69) is 5.32 Å². The zero-order chi connectivity index (χ0) is 12.3. The Hall–Kier alpha value is -1.55. The van der Waals surface area contributed by atoms with Gasteiger partial charge in [-0.1, -0.05) is 30.3 Å². The van der Waals surface area contributed by atoms with Crippen LogP contribution in [-0.2, 0) is 6.54 Å². The molecule has 2 atom stereocenters. The minimum absolute atomic E-state index is 0.0418. The molecule has 0 aliphatic carbocycles. The maximum absolute atomic E-state index is 11.8. The van der Waals surface area contributed by atoms with Gasteiger partial charge in [0, 0.05) is 13.2 Å². The molecule has 0 aromatic heterocycles. The number of benzene rings is 1. The van der Waals surface area contributed by atoms with Crippen LogP contribution in [-0.4, -0.2) is 34.7 Å². The molecule has 4 nitrogen and oxygen atoms in total. The van der Waals surface area contributed by atoms with Crippen LogP contribution in [0.1, 0.15) is 18.9 Å². The molecule has 1 aromatic rings. The largest absolute Gasteiger partial charge is 0.396 e. The van der Waals surface area contributed by atoms with Crippen molar-refractivity contribution in [1.29, 1.82) is 0 Å². The number of nitrogens with one attached hydrogen (secondary N) is 1. The summed E-state index contributed by atoms with van der Waals surface area (Å²) in [5.74, 6) is 0. The minimum Gasteiger partial charge on any atom is -0.396 e. The van der Waals surface area contributed by atoms with Crippen molar-refractivity contribution < 1.29 is 9.90 Å². The van der Waals surface area contributed by atoms with Crippen LogP contribution in [0.2, 0.25) is 0 Å². The predicted octanol–water partition coefficient (Wildman–Crippen LogP) is 1.35. The summed E-state index contributed by atoms with van der Waals surface area (Å²) in [6, 6.07) is 10.1. The Kier molecular flexibility index (Phi) is 3.64. The van der Waals surface area contributed by atoms with Crippen molar-refractivity contribution in [2.45, 2.75) is 32.0 Å². The highest BCUT2D eigenvalue weighted by Gasteiger charge is 2.35. The Balaban J connectivity index is 2.04. The number of nitrogens with zero attached hydrogens (tertiary/aromatic N) is 1. The van der Waals surface area contributed by atoms with Crippen molar-refractivity contribution in [3.05, 3.63) is 35.9 Å². The van der Waals surface area contributed by atoms with Gasteiger partial charge in [0.1, 0.15) is 0 Å². The van der Waals surface area contributed by atoms with Gasteiger partial charge >= 0.3 is 6.03 Å². The summed E-state index contributed by atoms with van der Waals surface area (Å²) in [5.41, 5.74) is 1.12. The number of hydrogen-bond acceptors (Lipinski definition) is 2. The Labute approximate surface area is 101 Å². The molecular formula is C13H18N2O2. The van der Waals surface area contributed by atoms with Gasteiger partial charge in [0.05, 0.1) is 12.1 Å². The molecule has 0 unspecified atom stereocenters. The molecule has 1 heterocycles. The maximum atomic E-state index is 11.8. The molecule has 0 saturated carbocycles. The molecule has 1 aliphatic heterocycles. The van der Waals surface area contributed by atoms with Crippen molar-refractivity contribution in [2.75, 3.05) is 6.61 Å². The Morgan fingerprint density at radius 3 is 2.71 bits per heavy atom. The lowest BCUT2D eigenvalue weighted by atomic mass is 10.1. The van der Waals surface area contributed by atoms with Gasteiger partial charge in [0.25, 0.3) is 0 Å². The molecule has 0 spiro atoms. The van der Waals surface area contributed by atoms with Crippen LogP contribution >= 0.6 is 0 Å². The lowest BCUT2D eigenvalue weighted by molar-refractivity contribution is 0.199. The zero-order valence-electron chi connectivity index (χ0n) is 9.97. The molecule has 2 N–H and O–H groups in total. The number of aliphatic hydroxyl groups is 1. The van der Waals surface area contributed by atoms with Gasteiger partial charge in [-0.2, -0.15) is 0 Å². The highest BCUT2D eigenvalue weighted by molar-refractivity contribution is 5.77. The van der Waals surface area contributed by atoms with Gasteiger partial charge in [0.2, 0.25) is 0 Å². The van der Waals surface area contributed by atoms with Crippen LogP contribution in [0.4, 0.5) is 4.79 Å². The predicted molar refractivity (Wildman–Crippen MR) is 65.5 cm³/mol. The number of amides is 2. The molecule has 2 amide bonds. The quantitative estimate of drug-likeness (QED) is 0.826. The van der Waals surface area contributed by atoms with Crippen LogP contribution < -0.4 is 5.32 Å². The van der Waals surface area contributed by atoms with E-state index < -0.39 is 0 Å². The highest BCUT2D eigenvalue weighted by atomic mass is 16.3. The second kappa shape index (κ2) is 5.19. The smallest absolute Gasteiger partial charge is 0.318 e. The molecule has 17 heavy (non-hydrogen) atoms. The standard InChI is InChI=1S/C13H18N2O2/c1-10-12(7-8-16)14-13(17)15(10)9-11-5-3-2-4-6-11/h2-6,10,12,16H,7-9H2,1H3,(H,14,17)/t10-,12-/m0/s1. The SMILES string of the molecule is C[C@H]1[C@H](CCO)NC(=O)N1Cc1ccccc1. The van der Waals surface area contributed by atoms with E-state index in [9.17, 15) is 4.79 Å². The molecule has 1 fully saturated rings. The topological polar surface area (TPSA) is 52.6 Å². The first kappa shape index (κ1) is 11.9. The molecule has 1 aromatic carbocycles. The minimum atomic E-state index is -0.0418. The van der Waals surface area contributed by atoms with E-state index >= 15 is 0 Å². The molecule has 2 rings (SSSR count). The Morgan fingerprint density at radius 1 is 1.35 bits per heavy atom. The van der Waals surface area contributed by atoms with E-state index in [4.69, 9.17) is 5.11 Å². The third-order valence-corrected chi connectivity index (χ3v) is 3.28. The van der Waals surface area contributed by atoms with Crippen LogP contribution in [0.15, 0.2) is 30.3 Å². The summed E-state index contributed by atoms with van der Waals surface area (Å²) in [6.07, 6.45) is 0.609. The molecule has 1 aliphatic rings. The van der Waals surface area contributed by atoms with Crippen molar-refractivity contribution in [3.8, 4) is 0 Å². The highest BCUT2D eigenvalue weighted by Crippen LogP contribution is 2.18. The lowest BCUT2D eigenvalue weighted by Gasteiger charge is -2.22. The number of aliphatic hydroxyl groups excluding tert-OH is 1. The summed E-state index contributed by atoms with van der Waals surface area (Å²) in [5, 5.41) is 11.8. The van der Waals surface area contributed by atoms with Gasteiger partial charge in [-0.15, -0.1) is 0 Å². The van der Waals surface area contributed by atoms with Gasteiger partial charge in [0.15, 0.2) is 0 Å². The monoisotopic (exact) mass is 234 g/mol. The molecule has 1 saturated heterocycles. The van der Waals surface area contributed by atoms with E-state index in [0.29, 0.717) is 13.0 Å². The number of urea groups is 1. The third-order valence-electron chi connectivity index (χ3n) is 3.28. The fraction of sp³-hybridized carbons (Fsp3) is 0.462. The van der Waals surface area contributed by atoms with Crippen molar-refractivity contribution in [3.63, 3.8) is 0 Å². The third kappa shape index (κ3) is 2.58. The van der Waals surface area contributed by atoms with Crippen molar-refractivity contribution in [1.82, 2.24) is 10.2 Å². The van der Waals surface area contributed by atoms with Gasteiger partial charge in [-0.25, -0.2) is 4.79 Å². The van der Waals surface area contributed by atoms with Gasteiger partial charge in [-0.3, -0.25) is 0 Å². The molecular weight excluding hydrogens is 216 g/mol. The summed E-state index contributed by atoms with van der Waals surface area (Å²) in [7, 11) is 0. The van der Waals surface area contributed by atoms with E-state index in [1.807, 2.05) is 42.2 Å². The summed E-state index contributed by atoms with van der Waals surface area (Å²) >= 11 is 0. The van der Waals surface area contributed by atoms with Gasteiger partial charge in [-0.05, 0) is 18.9 Å². The number of carbonyl (C=O) groups excluding carboxylic acids is 1. The Bertz CT molecular complexity index is 380. The molecule has 92 valence electrons. The lowest BCUT2D eigenvalue weighted by Crippen LogP contribution is -2.34. The second-order valence-electron chi connectivity index (χ2n) is 4.42. The average Bonchev–Trinajstić information content (AvgIpc) is 2.59. The zero-order valence-corrected chi connectivity index (χ0v) is 9.97. The first-order valence-corrected chi connectivity index (χ1v) is 5.94. The summed E-state index contributed by atoms with van der Waals surface area (Å²) in [4.78, 5) is 13.6. The number of rotatable bonds is 4. The molecule has 0 radical (unpaired) electrons. The van der Waals surface area contributed by atoms with E-state index in [1.54, 1.807) is 0 Å². The van der Waals surface area contributed by atoms with E-state index in [-0.39, 0.29) is 24.7 Å². The van der Waals surface area contributed by atoms with Gasteiger partial charge < -0.3 is 15.3 Å². The van der Waals surface area contributed by atoms with Crippen LogP contribution in [0.5, 0.6) is 0 Å². The van der Waals surface area contributed by atoms with Crippen LogP contribution in [0.25, 0.3) is 0 Å². The van der Waals surface area contributed by atoms with Crippen LogP contribution in [0.3, 0.4) is 0 Å². The normalized spacial score (nSPS) is 23.9. The molecule has 4 heteroatoms. The summed E-state index contributed by atoms with van der Waals surface area (Å²) in [6.45, 7) is 2.74. The van der Waals surface area contributed by atoms with E-state index in [0.717, 1.165) is 5.56 Å². The summed E-state index contributed by atoms with van der Waals surface area (Å²) < 4.78 is 0. The molecule has 0 bridgehead atoms. The fourth-order valence-corrected chi connectivity index (χ4v) is 2.21. The second-order valence-corrected chi connectivity index (χ2v) is 4.42. The number of hydrogen-bond donors (Lipinski definition) is 2. The first-order chi connectivity index (χ1) is 8.22. The van der Waals surface area contributed by atoms with Crippen molar-refractivity contribution in [2.24, 2.45) is 0 Å². The first-order valence-electron chi connectivity index (χ1n) is 5.94. The number of carbonyl (C=O) groups is 1. The fourth-order valence-electron chi connectivity index (χ4n) is 2.21. The Morgan fingerprint density at radius 2 is 2.06 bits per heavy atom. The van der Waals surface area contributed by atoms with Crippen molar-refractivity contribution >= 4 is 6.03 Å². The average molecular weight is 234 g/mol.